The lowest BCUT2D eigenvalue weighted by Crippen LogP contribution is -2.47. The molecule has 1 aliphatic heterocycles. The van der Waals surface area contributed by atoms with Crippen LogP contribution in [-0.4, -0.2) is 53.9 Å². The second-order valence-corrected chi connectivity index (χ2v) is 5.95. The van der Waals surface area contributed by atoms with E-state index in [4.69, 9.17) is 9.15 Å². The van der Waals surface area contributed by atoms with Crippen molar-refractivity contribution in [2.45, 2.75) is 12.5 Å². The standard InChI is InChI=1S/C18H21NO5/c1-23-14-4-2-3-12(9-14)16-5-6-17(24-16)18(22)19-8-7-13(11-20)15(21)10-19/h2-6,9,13,15,20-21H,7-8,10-11H2,1H3/t13-,15+/m0/s1. The molecule has 2 aromatic rings. The van der Waals surface area contributed by atoms with Gasteiger partial charge in [0.15, 0.2) is 5.76 Å². The number of aliphatic hydroxyl groups is 2. The normalized spacial score (nSPS) is 20.9. The molecule has 6 nitrogen and oxygen atoms in total. The molecule has 0 bridgehead atoms. The monoisotopic (exact) mass is 331 g/mol. The van der Waals surface area contributed by atoms with E-state index < -0.39 is 6.10 Å². The van der Waals surface area contributed by atoms with Crippen LogP contribution in [0.5, 0.6) is 5.75 Å². The third kappa shape index (κ3) is 3.29. The summed E-state index contributed by atoms with van der Waals surface area (Å²) in [7, 11) is 1.59. The number of hydrogen-bond donors (Lipinski definition) is 2. The van der Waals surface area contributed by atoms with E-state index in [1.807, 2.05) is 24.3 Å². The van der Waals surface area contributed by atoms with Gasteiger partial charge in [-0.2, -0.15) is 0 Å². The highest BCUT2D eigenvalue weighted by molar-refractivity contribution is 5.92. The zero-order valence-electron chi connectivity index (χ0n) is 13.5. The second-order valence-electron chi connectivity index (χ2n) is 5.95. The molecular formula is C18H21NO5. The minimum absolute atomic E-state index is 0.0655. The molecule has 1 aliphatic rings. The van der Waals surface area contributed by atoms with E-state index in [0.29, 0.717) is 24.5 Å². The molecule has 1 aromatic carbocycles. The Bertz CT molecular complexity index is 711. The summed E-state index contributed by atoms with van der Waals surface area (Å²) in [5.41, 5.74) is 0.826. The van der Waals surface area contributed by atoms with Gasteiger partial charge >= 0.3 is 0 Å². The van der Waals surface area contributed by atoms with Gasteiger partial charge in [0.1, 0.15) is 11.5 Å². The van der Waals surface area contributed by atoms with Crippen molar-refractivity contribution in [2.75, 3.05) is 26.8 Å². The molecule has 1 aromatic heterocycles. The van der Waals surface area contributed by atoms with Crippen LogP contribution in [0.25, 0.3) is 11.3 Å². The van der Waals surface area contributed by atoms with Crippen LogP contribution in [-0.2, 0) is 0 Å². The second kappa shape index (κ2) is 7.07. The molecule has 2 atom stereocenters. The van der Waals surface area contributed by atoms with E-state index in [9.17, 15) is 15.0 Å². The van der Waals surface area contributed by atoms with Gasteiger partial charge in [-0.15, -0.1) is 0 Å². The lowest BCUT2D eigenvalue weighted by Gasteiger charge is -2.34. The number of carbonyl (C=O) groups excluding carboxylic acids is 1. The third-order valence-corrected chi connectivity index (χ3v) is 4.41. The maximum atomic E-state index is 12.5. The van der Waals surface area contributed by atoms with E-state index in [1.165, 1.54) is 0 Å². The summed E-state index contributed by atoms with van der Waals surface area (Å²) in [4.78, 5) is 14.1. The van der Waals surface area contributed by atoms with E-state index in [0.717, 1.165) is 5.56 Å². The predicted molar refractivity (Wildman–Crippen MR) is 87.8 cm³/mol. The number of β-amino-alcohol motifs (C(OH)–C–C–N with tert-alkyl or cyclic N) is 1. The van der Waals surface area contributed by atoms with Gasteiger partial charge in [0.05, 0.1) is 13.2 Å². The number of likely N-dealkylation sites (tertiary alicyclic amines) is 1. The van der Waals surface area contributed by atoms with E-state index in [1.54, 1.807) is 24.1 Å². The van der Waals surface area contributed by atoms with Crippen molar-refractivity contribution in [3.05, 3.63) is 42.2 Å². The average molecular weight is 331 g/mol. The van der Waals surface area contributed by atoms with E-state index in [2.05, 4.69) is 0 Å². The first-order valence-corrected chi connectivity index (χ1v) is 7.95. The van der Waals surface area contributed by atoms with Gasteiger partial charge in [-0.3, -0.25) is 4.79 Å². The molecule has 0 aliphatic carbocycles. The minimum atomic E-state index is -0.708. The van der Waals surface area contributed by atoms with Gasteiger partial charge in [0.2, 0.25) is 0 Å². The Balaban J connectivity index is 1.74. The lowest BCUT2D eigenvalue weighted by molar-refractivity contribution is -0.000193. The van der Waals surface area contributed by atoms with Crippen LogP contribution in [0.15, 0.2) is 40.8 Å². The molecule has 2 heterocycles. The molecule has 1 amide bonds. The fourth-order valence-electron chi connectivity index (χ4n) is 2.92. The minimum Gasteiger partial charge on any atom is -0.497 e. The molecule has 2 N–H and O–H groups in total. The first-order chi connectivity index (χ1) is 11.6. The lowest BCUT2D eigenvalue weighted by atomic mass is 9.94. The van der Waals surface area contributed by atoms with Crippen molar-refractivity contribution in [1.82, 2.24) is 4.90 Å². The van der Waals surface area contributed by atoms with Gasteiger partial charge < -0.3 is 24.3 Å². The summed E-state index contributed by atoms with van der Waals surface area (Å²) < 4.78 is 10.9. The molecule has 0 radical (unpaired) electrons. The van der Waals surface area contributed by atoms with Crippen LogP contribution in [0, 0.1) is 5.92 Å². The van der Waals surface area contributed by atoms with Crippen molar-refractivity contribution < 1.29 is 24.2 Å². The molecule has 1 saturated heterocycles. The fourth-order valence-corrected chi connectivity index (χ4v) is 2.92. The van der Waals surface area contributed by atoms with Crippen molar-refractivity contribution >= 4 is 5.91 Å². The van der Waals surface area contributed by atoms with Crippen LogP contribution in [0.1, 0.15) is 17.0 Å². The number of nitrogens with zero attached hydrogens (tertiary/aromatic N) is 1. The summed E-state index contributed by atoms with van der Waals surface area (Å²) in [5, 5.41) is 19.2. The Morgan fingerprint density at radius 3 is 2.92 bits per heavy atom. The van der Waals surface area contributed by atoms with Crippen molar-refractivity contribution in [3.63, 3.8) is 0 Å². The number of hydrogen-bond acceptors (Lipinski definition) is 5. The van der Waals surface area contributed by atoms with Crippen LogP contribution < -0.4 is 4.74 Å². The van der Waals surface area contributed by atoms with E-state index >= 15 is 0 Å². The maximum absolute atomic E-state index is 12.5. The Kier molecular flexibility index (Phi) is 4.87. The molecule has 6 heteroatoms. The number of ether oxygens (including phenoxy) is 1. The number of furan rings is 1. The zero-order chi connectivity index (χ0) is 17.1. The van der Waals surface area contributed by atoms with Gasteiger partial charge in [-0.25, -0.2) is 0 Å². The quantitative estimate of drug-likeness (QED) is 0.892. The summed E-state index contributed by atoms with van der Waals surface area (Å²) in [6.45, 7) is 0.638. The van der Waals surface area contributed by atoms with Crippen LogP contribution >= 0.6 is 0 Å². The van der Waals surface area contributed by atoms with Crippen LogP contribution in [0.3, 0.4) is 0 Å². The molecule has 24 heavy (non-hydrogen) atoms. The number of carbonyl (C=O) groups is 1. The fraction of sp³-hybridized carbons (Fsp3) is 0.389. The van der Waals surface area contributed by atoms with Gasteiger partial charge in [0.25, 0.3) is 5.91 Å². The highest BCUT2D eigenvalue weighted by atomic mass is 16.5. The summed E-state index contributed by atoms with van der Waals surface area (Å²) in [6, 6.07) is 10.8. The number of piperidine rings is 1. The Morgan fingerprint density at radius 1 is 1.38 bits per heavy atom. The first-order valence-electron chi connectivity index (χ1n) is 7.95. The highest BCUT2D eigenvalue weighted by Crippen LogP contribution is 2.27. The number of rotatable bonds is 4. The van der Waals surface area contributed by atoms with Crippen LogP contribution in [0.4, 0.5) is 0 Å². The highest BCUT2D eigenvalue weighted by Gasteiger charge is 2.31. The molecule has 0 saturated carbocycles. The number of amides is 1. The average Bonchev–Trinajstić information content (AvgIpc) is 3.11. The van der Waals surface area contributed by atoms with Gasteiger partial charge in [-0.1, -0.05) is 12.1 Å². The molecule has 3 rings (SSSR count). The third-order valence-electron chi connectivity index (χ3n) is 4.41. The largest absolute Gasteiger partial charge is 0.497 e. The van der Waals surface area contributed by atoms with Crippen molar-refractivity contribution in [3.8, 4) is 17.1 Å². The van der Waals surface area contributed by atoms with Crippen molar-refractivity contribution in [2.24, 2.45) is 5.92 Å². The maximum Gasteiger partial charge on any atom is 0.289 e. The van der Waals surface area contributed by atoms with Crippen LogP contribution in [0.2, 0.25) is 0 Å². The first kappa shape index (κ1) is 16.5. The Labute approximate surface area is 140 Å². The Hall–Kier alpha value is -2.31. The number of methoxy groups -OCH3 is 1. The van der Waals surface area contributed by atoms with Crippen molar-refractivity contribution in [1.29, 1.82) is 0 Å². The zero-order valence-corrected chi connectivity index (χ0v) is 13.5. The molecule has 128 valence electrons. The molecule has 1 fully saturated rings. The van der Waals surface area contributed by atoms with E-state index in [-0.39, 0.29) is 30.7 Å². The predicted octanol–water partition coefficient (Wildman–Crippen LogP) is 1.77. The molecule has 0 unspecified atom stereocenters. The summed E-state index contributed by atoms with van der Waals surface area (Å²) in [5.74, 6) is 1.12. The Morgan fingerprint density at radius 2 is 2.21 bits per heavy atom. The SMILES string of the molecule is COc1cccc(-c2ccc(C(=O)N3CC[C@@H](CO)[C@H](O)C3)o2)c1. The summed E-state index contributed by atoms with van der Waals surface area (Å²) in [6.07, 6.45) is -0.132. The smallest absolute Gasteiger partial charge is 0.289 e. The summed E-state index contributed by atoms with van der Waals surface area (Å²) >= 11 is 0. The van der Waals surface area contributed by atoms with Gasteiger partial charge in [0, 0.05) is 31.2 Å². The number of benzene rings is 1. The molecule has 0 spiro atoms. The van der Waals surface area contributed by atoms with Gasteiger partial charge in [-0.05, 0) is 30.7 Å². The number of aliphatic hydroxyl groups excluding tert-OH is 2. The molecular weight excluding hydrogens is 310 g/mol. The topological polar surface area (TPSA) is 83.1 Å².